The van der Waals surface area contributed by atoms with E-state index in [1.807, 2.05) is 0 Å². The summed E-state index contributed by atoms with van der Waals surface area (Å²) in [6, 6.07) is -1.07. The van der Waals surface area contributed by atoms with Crippen molar-refractivity contribution in [3.05, 3.63) is 22.6 Å². The Morgan fingerprint density at radius 2 is 2.14 bits per heavy atom. The molecule has 1 unspecified atom stereocenters. The maximum atomic E-state index is 13.1. The molecule has 2 aliphatic rings. The molecule has 37 heavy (non-hydrogen) atoms. The van der Waals surface area contributed by atoms with Crippen LogP contribution in [0.3, 0.4) is 0 Å². The average Bonchev–Trinajstić information content (AvgIpc) is 3.52. The first-order valence-electron chi connectivity index (χ1n) is 10.2. The fourth-order valence-corrected chi connectivity index (χ4v) is 6.50. The van der Waals surface area contributed by atoms with Crippen molar-refractivity contribution in [2.24, 2.45) is 5.16 Å². The zero-order valence-electron chi connectivity index (χ0n) is 19.0. The van der Waals surface area contributed by atoms with Gasteiger partial charge >= 0.3 is 11.9 Å². The highest BCUT2D eigenvalue weighted by Crippen LogP contribution is 2.41. The van der Waals surface area contributed by atoms with Crippen molar-refractivity contribution >= 4 is 81.0 Å². The zero-order chi connectivity index (χ0) is 26.9. The van der Waals surface area contributed by atoms with E-state index in [9.17, 15) is 29.4 Å². The number of oxime groups is 1. The van der Waals surface area contributed by atoms with Crippen LogP contribution in [-0.4, -0.2) is 92.7 Å². The molecule has 2 aliphatic heterocycles. The van der Waals surface area contributed by atoms with Gasteiger partial charge in [-0.2, -0.15) is 9.36 Å². The Bertz CT molecular complexity index is 1310. The summed E-state index contributed by atoms with van der Waals surface area (Å²) in [6.07, 6.45) is 0. The zero-order valence-corrected chi connectivity index (χ0v) is 22.2. The number of thioether (sulfide) groups is 2. The van der Waals surface area contributed by atoms with Gasteiger partial charge in [0.25, 0.3) is 11.8 Å². The van der Waals surface area contributed by atoms with Crippen molar-refractivity contribution in [1.29, 1.82) is 0 Å². The van der Waals surface area contributed by atoms with Crippen molar-refractivity contribution in [3.63, 3.8) is 0 Å². The van der Waals surface area contributed by atoms with Gasteiger partial charge in [0.05, 0.1) is 0 Å². The van der Waals surface area contributed by atoms with Crippen LogP contribution in [-0.2, 0) is 24.0 Å². The number of amides is 2. The van der Waals surface area contributed by atoms with Crippen LogP contribution in [0.5, 0.6) is 0 Å². The Hall–Kier alpha value is -3.29. The van der Waals surface area contributed by atoms with E-state index in [2.05, 4.69) is 30.0 Å². The topological polar surface area (TPSA) is 223 Å². The number of carbonyl (C=O) groups is 4. The molecule has 2 atom stereocenters. The maximum Gasteiger partial charge on any atom is 0.352 e. The number of hydrogen-bond donors (Lipinski definition) is 4. The molecule has 15 nitrogen and oxygen atoms in total. The number of nitrogens with two attached hydrogens (primary N) is 1. The number of aromatic nitrogens is 4. The van der Waals surface area contributed by atoms with Crippen LogP contribution in [0.2, 0.25) is 0 Å². The van der Waals surface area contributed by atoms with Crippen LogP contribution in [0.25, 0.3) is 0 Å². The van der Waals surface area contributed by atoms with E-state index >= 15 is 0 Å². The summed E-state index contributed by atoms with van der Waals surface area (Å²) in [4.78, 5) is 59.5. The molecular weight excluding hydrogens is 569 g/mol. The van der Waals surface area contributed by atoms with Crippen molar-refractivity contribution in [1.82, 2.24) is 29.8 Å². The highest BCUT2D eigenvalue weighted by molar-refractivity contribution is 8.01. The largest absolute Gasteiger partial charge is 0.478 e. The average molecular weight is 587 g/mol. The van der Waals surface area contributed by atoms with Crippen molar-refractivity contribution in [2.45, 2.75) is 35.2 Å². The van der Waals surface area contributed by atoms with Crippen LogP contribution in [0.4, 0.5) is 5.13 Å². The lowest BCUT2D eigenvalue weighted by Crippen LogP contribution is -2.71. The van der Waals surface area contributed by atoms with Gasteiger partial charge in [0.2, 0.25) is 17.1 Å². The first-order valence-corrected chi connectivity index (χ1v) is 13.9. The molecule has 196 valence electrons. The maximum absolute atomic E-state index is 13.1. The number of rotatable bonds is 10. The van der Waals surface area contributed by atoms with E-state index in [0.29, 0.717) is 21.4 Å². The molecule has 5 N–H and O–H groups in total. The van der Waals surface area contributed by atoms with Gasteiger partial charge in [-0.05, 0) is 19.4 Å². The van der Waals surface area contributed by atoms with Gasteiger partial charge in [0.15, 0.2) is 9.47 Å². The van der Waals surface area contributed by atoms with Gasteiger partial charge in [-0.15, -0.1) is 22.0 Å². The normalized spacial score (nSPS) is 19.8. The van der Waals surface area contributed by atoms with Gasteiger partial charge in [-0.3, -0.25) is 14.5 Å². The summed E-state index contributed by atoms with van der Waals surface area (Å²) in [5, 5.41) is 32.2. The number of carboxylic acids is 2. The molecular formula is C18H18N8O7S4. The summed E-state index contributed by atoms with van der Waals surface area (Å²) in [7, 11) is 0. The molecule has 0 radical (unpaired) electrons. The molecule has 1 fully saturated rings. The predicted octanol–water partition coefficient (Wildman–Crippen LogP) is 0.0866. The van der Waals surface area contributed by atoms with Crippen molar-refractivity contribution < 1.29 is 34.2 Å². The number of carbonyl (C=O) groups excluding carboxylic acids is 2. The SMILES string of the molecule is CC(C)(O/N=C(/C(=O)NC1C(=O)N2C(C(=O)O)=C(CSc3nncs3)CS[C@H]12)c1nsc(N)n1)C(=O)O. The lowest BCUT2D eigenvalue weighted by atomic mass is 10.0. The Labute approximate surface area is 224 Å². The lowest BCUT2D eigenvalue weighted by molar-refractivity contribution is -0.161. The number of anilines is 1. The molecule has 4 heterocycles. The Kier molecular flexibility index (Phi) is 7.67. The van der Waals surface area contributed by atoms with Crippen LogP contribution >= 0.6 is 46.4 Å². The fourth-order valence-electron chi connectivity index (χ4n) is 3.09. The quantitative estimate of drug-likeness (QED) is 0.125. The second kappa shape index (κ2) is 10.6. The molecule has 0 saturated carbocycles. The van der Waals surface area contributed by atoms with Crippen molar-refractivity contribution in [3.8, 4) is 0 Å². The highest BCUT2D eigenvalue weighted by atomic mass is 32.2. The number of aliphatic carboxylic acids is 2. The van der Waals surface area contributed by atoms with E-state index in [0.717, 1.165) is 16.4 Å². The molecule has 2 amide bonds. The van der Waals surface area contributed by atoms with Gasteiger partial charge in [-0.25, -0.2) is 9.59 Å². The molecule has 1 saturated heterocycles. The molecule has 0 aliphatic carbocycles. The smallest absolute Gasteiger partial charge is 0.352 e. The number of nitrogens with one attached hydrogen (secondary N) is 1. The third-order valence-electron chi connectivity index (χ3n) is 5.00. The standard InChI is InChI=1S/C18H18N8O7S4/c1-18(2,15(31)32)33-24-7(10-22-16(19)37-25-10)11(27)21-8-12(28)26-9(14(29)30)6(3-34-13(8)26)4-35-17-23-20-5-36-17/h5,8,13H,3-4H2,1-2H3,(H,21,27)(H,29,30)(H,31,32)(H2,19,22,25)/b24-7+/t8?,13-/m1/s1. The summed E-state index contributed by atoms with van der Waals surface area (Å²) in [5.74, 6) is -3.74. The third-order valence-corrected chi connectivity index (χ3v) is 8.82. The number of hydrogen-bond acceptors (Lipinski definition) is 15. The second-order valence-electron chi connectivity index (χ2n) is 7.91. The molecule has 2 aromatic heterocycles. The van der Waals surface area contributed by atoms with Gasteiger partial charge < -0.3 is 26.1 Å². The highest BCUT2D eigenvalue weighted by Gasteiger charge is 2.54. The van der Waals surface area contributed by atoms with Gasteiger partial charge in [-0.1, -0.05) is 28.3 Å². The minimum Gasteiger partial charge on any atom is -0.478 e. The summed E-state index contributed by atoms with van der Waals surface area (Å²) >= 11 is 4.70. The molecule has 0 spiro atoms. The van der Waals surface area contributed by atoms with Crippen LogP contribution in [0.1, 0.15) is 19.7 Å². The second-order valence-corrected chi connectivity index (χ2v) is 11.9. The van der Waals surface area contributed by atoms with Crippen LogP contribution in [0, 0.1) is 0 Å². The van der Waals surface area contributed by atoms with Crippen LogP contribution < -0.4 is 11.1 Å². The van der Waals surface area contributed by atoms with E-state index in [-0.39, 0.29) is 16.7 Å². The van der Waals surface area contributed by atoms with Gasteiger partial charge in [0, 0.05) is 23.0 Å². The third kappa shape index (κ3) is 5.53. The predicted molar refractivity (Wildman–Crippen MR) is 134 cm³/mol. The number of nitrogens with zero attached hydrogens (tertiary/aromatic N) is 6. The molecule has 4 rings (SSSR count). The molecule has 0 bridgehead atoms. The van der Waals surface area contributed by atoms with E-state index in [1.54, 1.807) is 5.51 Å². The van der Waals surface area contributed by atoms with Crippen LogP contribution in [0.15, 0.2) is 26.3 Å². The van der Waals surface area contributed by atoms with E-state index in [4.69, 9.17) is 10.6 Å². The summed E-state index contributed by atoms with van der Waals surface area (Å²) in [5.41, 5.74) is 5.30. The number of β-lactam (4-membered cyclic amide) rings is 1. The van der Waals surface area contributed by atoms with Crippen molar-refractivity contribution in [2.75, 3.05) is 17.2 Å². The minimum atomic E-state index is -1.78. The van der Waals surface area contributed by atoms with E-state index in [1.165, 1.54) is 48.7 Å². The number of nitrogen functional groups attached to an aromatic ring is 1. The lowest BCUT2D eigenvalue weighted by Gasteiger charge is -2.49. The number of carboxylic acid groups (broad SMARTS) is 2. The monoisotopic (exact) mass is 586 g/mol. The minimum absolute atomic E-state index is 0.0249. The first-order chi connectivity index (χ1) is 17.5. The summed E-state index contributed by atoms with van der Waals surface area (Å²) < 4.78 is 4.58. The van der Waals surface area contributed by atoms with Gasteiger partial charge in [0.1, 0.15) is 22.6 Å². The molecule has 2 aromatic rings. The Balaban J connectivity index is 1.52. The number of fused-ring (bicyclic) bond motifs is 1. The summed E-state index contributed by atoms with van der Waals surface area (Å²) in [6.45, 7) is 2.45. The molecule has 19 heteroatoms. The fraction of sp³-hybridized carbons (Fsp3) is 0.389. The Morgan fingerprint density at radius 1 is 1.38 bits per heavy atom. The first kappa shape index (κ1) is 26.8. The van der Waals surface area contributed by atoms with E-state index < -0.39 is 46.5 Å². The Morgan fingerprint density at radius 3 is 2.73 bits per heavy atom. The molecule has 0 aromatic carbocycles.